The summed E-state index contributed by atoms with van der Waals surface area (Å²) in [5, 5.41) is 4.24. The summed E-state index contributed by atoms with van der Waals surface area (Å²) in [6, 6.07) is 11.9. The van der Waals surface area contributed by atoms with Crippen molar-refractivity contribution >= 4 is 5.91 Å². The standard InChI is InChI=1S/C20H23N5O/c1-2-25-18(11-12-22-25)20(26)24-13-7-6-10-17(24)19-21-14-16(23-19)15-8-4-3-5-9-15/h3-5,8-9,11-12,14,17H,2,6-7,10,13H2,1H3,(H,21,23)/t17-/m0/s1. The fourth-order valence-electron chi connectivity index (χ4n) is 3.64. The van der Waals surface area contributed by atoms with E-state index in [2.05, 4.69) is 27.2 Å². The topological polar surface area (TPSA) is 66.8 Å². The Labute approximate surface area is 152 Å². The number of benzene rings is 1. The number of amides is 1. The van der Waals surface area contributed by atoms with Crippen LogP contribution in [0.2, 0.25) is 0 Å². The number of nitrogens with zero attached hydrogens (tertiary/aromatic N) is 4. The van der Waals surface area contributed by atoms with Crippen molar-refractivity contribution in [2.24, 2.45) is 0 Å². The fraction of sp³-hybridized carbons (Fsp3) is 0.350. The predicted octanol–water partition coefficient (Wildman–Crippen LogP) is 3.66. The molecule has 3 aromatic rings. The molecule has 0 aliphatic carbocycles. The first kappa shape index (κ1) is 16.6. The molecule has 6 nitrogen and oxygen atoms in total. The van der Waals surface area contributed by atoms with Crippen LogP contribution in [0.1, 0.15) is 48.5 Å². The molecule has 0 radical (unpaired) electrons. The third-order valence-corrected chi connectivity index (χ3v) is 4.99. The van der Waals surface area contributed by atoms with Gasteiger partial charge in [0.25, 0.3) is 5.91 Å². The number of hydrogen-bond donors (Lipinski definition) is 1. The summed E-state index contributed by atoms with van der Waals surface area (Å²) in [5.41, 5.74) is 2.73. The number of likely N-dealkylation sites (tertiary alicyclic amines) is 1. The van der Waals surface area contributed by atoms with Crippen molar-refractivity contribution in [3.63, 3.8) is 0 Å². The molecule has 1 aliphatic heterocycles. The molecular weight excluding hydrogens is 326 g/mol. The highest BCUT2D eigenvalue weighted by Crippen LogP contribution is 2.31. The van der Waals surface area contributed by atoms with E-state index in [0.29, 0.717) is 12.2 Å². The van der Waals surface area contributed by atoms with Gasteiger partial charge in [0, 0.05) is 19.3 Å². The molecular formula is C20H23N5O. The summed E-state index contributed by atoms with van der Waals surface area (Å²) >= 11 is 0. The van der Waals surface area contributed by atoms with E-state index >= 15 is 0 Å². The lowest BCUT2D eigenvalue weighted by Crippen LogP contribution is -2.40. The Kier molecular flexibility index (Phi) is 4.56. The summed E-state index contributed by atoms with van der Waals surface area (Å²) in [6.45, 7) is 3.43. The zero-order chi connectivity index (χ0) is 17.9. The van der Waals surface area contributed by atoms with E-state index in [-0.39, 0.29) is 11.9 Å². The van der Waals surface area contributed by atoms with Crippen LogP contribution in [0.4, 0.5) is 0 Å². The summed E-state index contributed by atoms with van der Waals surface area (Å²) in [6.07, 6.45) is 6.60. The van der Waals surface area contributed by atoms with E-state index in [4.69, 9.17) is 0 Å². The van der Waals surface area contributed by atoms with Crippen LogP contribution in [0.5, 0.6) is 0 Å². The van der Waals surface area contributed by atoms with Crippen LogP contribution in [0.25, 0.3) is 11.3 Å². The van der Waals surface area contributed by atoms with E-state index in [1.165, 1.54) is 0 Å². The smallest absolute Gasteiger partial charge is 0.272 e. The van der Waals surface area contributed by atoms with Crippen molar-refractivity contribution < 1.29 is 4.79 Å². The third kappa shape index (κ3) is 3.03. The van der Waals surface area contributed by atoms with Crippen LogP contribution in [-0.2, 0) is 6.54 Å². The van der Waals surface area contributed by atoms with Gasteiger partial charge in [0.2, 0.25) is 0 Å². The molecule has 26 heavy (non-hydrogen) atoms. The maximum absolute atomic E-state index is 13.1. The number of carbonyl (C=O) groups is 1. The Balaban J connectivity index is 1.62. The Hall–Kier alpha value is -2.89. The molecule has 6 heteroatoms. The molecule has 1 N–H and O–H groups in total. The fourth-order valence-corrected chi connectivity index (χ4v) is 3.64. The Morgan fingerprint density at radius 3 is 2.88 bits per heavy atom. The molecule has 0 spiro atoms. The number of imidazole rings is 1. The van der Waals surface area contributed by atoms with Gasteiger partial charge in [-0.3, -0.25) is 9.48 Å². The van der Waals surface area contributed by atoms with Crippen molar-refractivity contribution in [2.45, 2.75) is 38.8 Å². The third-order valence-electron chi connectivity index (χ3n) is 4.99. The summed E-state index contributed by atoms with van der Waals surface area (Å²) < 4.78 is 1.76. The zero-order valence-electron chi connectivity index (χ0n) is 14.9. The molecule has 0 unspecified atom stereocenters. The number of piperidine rings is 1. The van der Waals surface area contributed by atoms with Gasteiger partial charge in [-0.05, 0) is 37.8 Å². The lowest BCUT2D eigenvalue weighted by molar-refractivity contribution is 0.0588. The van der Waals surface area contributed by atoms with Crippen LogP contribution >= 0.6 is 0 Å². The highest BCUT2D eigenvalue weighted by Gasteiger charge is 2.32. The Morgan fingerprint density at radius 2 is 2.08 bits per heavy atom. The highest BCUT2D eigenvalue weighted by molar-refractivity contribution is 5.92. The van der Waals surface area contributed by atoms with Crippen LogP contribution in [-0.4, -0.2) is 37.1 Å². The van der Waals surface area contributed by atoms with E-state index in [1.54, 1.807) is 16.9 Å². The number of hydrogen-bond acceptors (Lipinski definition) is 3. The summed E-state index contributed by atoms with van der Waals surface area (Å²) in [7, 11) is 0. The van der Waals surface area contributed by atoms with Gasteiger partial charge in [0.1, 0.15) is 11.5 Å². The van der Waals surface area contributed by atoms with Gasteiger partial charge in [-0.15, -0.1) is 0 Å². The van der Waals surface area contributed by atoms with E-state index < -0.39 is 0 Å². The molecule has 1 atom stereocenters. The number of aromatic nitrogens is 4. The Bertz CT molecular complexity index is 883. The van der Waals surface area contributed by atoms with Crippen LogP contribution in [0, 0.1) is 0 Å². The summed E-state index contributed by atoms with van der Waals surface area (Å²) in [4.78, 5) is 23.1. The molecule has 1 fully saturated rings. The predicted molar refractivity (Wildman–Crippen MR) is 99.6 cm³/mol. The first-order chi connectivity index (χ1) is 12.8. The second-order valence-corrected chi connectivity index (χ2v) is 6.59. The van der Waals surface area contributed by atoms with Gasteiger partial charge in [-0.1, -0.05) is 30.3 Å². The molecule has 2 aromatic heterocycles. The maximum atomic E-state index is 13.1. The largest absolute Gasteiger partial charge is 0.340 e. The zero-order valence-corrected chi connectivity index (χ0v) is 14.9. The van der Waals surface area contributed by atoms with Crippen molar-refractivity contribution in [1.82, 2.24) is 24.6 Å². The average Bonchev–Trinajstić information content (AvgIpc) is 3.37. The molecule has 0 saturated carbocycles. The van der Waals surface area contributed by atoms with Crippen LogP contribution in [0.3, 0.4) is 0 Å². The number of H-pyrrole nitrogens is 1. The minimum absolute atomic E-state index is 0.0195. The second-order valence-electron chi connectivity index (χ2n) is 6.59. The van der Waals surface area contributed by atoms with Gasteiger partial charge >= 0.3 is 0 Å². The first-order valence-electron chi connectivity index (χ1n) is 9.21. The molecule has 1 aromatic carbocycles. The van der Waals surface area contributed by atoms with Gasteiger partial charge in [0.15, 0.2) is 0 Å². The number of carbonyl (C=O) groups excluding carboxylic acids is 1. The number of aryl methyl sites for hydroxylation is 1. The van der Waals surface area contributed by atoms with Crippen LogP contribution < -0.4 is 0 Å². The minimum atomic E-state index is -0.0195. The van der Waals surface area contributed by atoms with Crippen molar-refractivity contribution in [2.75, 3.05) is 6.54 Å². The van der Waals surface area contributed by atoms with Gasteiger partial charge in [-0.25, -0.2) is 4.98 Å². The Morgan fingerprint density at radius 1 is 1.23 bits per heavy atom. The SMILES string of the molecule is CCn1nccc1C(=O)N1CCCC[C@H]1c1ncc(-c2ccccc2)[nH]1. The minimum Gasteiger partial charge on any atom is -0.340 e. The number of rotatable bonds is 4. The normalized spacial score (nSPS) is 17.4. The van der Waals surface area contributed by atoms with Crippen molar-refractivity contribution in [3.05, 3.63) is 60.3 Å². The number of nitrogens with one attached hydrogen (secondary N) is 1. The molecule has 3 heterocycles. The highest BCUT2D eigenvalue weighted by atomic mass is 16.2. The van der Waals surface area contributed by atoms with E-state index in [9.17, 15) is 4.79 Å². The van der Waals surface area contributed by atoms with E-state index in [1.807, 2.05) is 36.2 Å². The molecule has 4 rings (SSSR count). The van der Waals surface area contributed by atoms with Crippen molar-refractivity contribution in [1.29, 1.82) is 0 Å². The second kappa shape index (κ2) is 7.15. The van der Waals surface area contributed by atoms with Crippen LogP contribution in [0.15, 0.2) is 48.8 Å². The molecule has 134 valence electrons. The maximum Gasteiger partial charge on any atom is 0.272 e. The number of aromatic amines is 1. The molecule has 1 saturated heterocycles. The lowest BCUT2D eigenvalue weighted by atomic mass is 10.0. The molecule has 1 amide bonds. The van der Waals surface area contributed by atoms with Gasteiger partial charge in [0.05, 0.1) is 17.9 Å². The average molecular weight is 349 g/mol. The lowest BCUT2D eigenvalue weighted by Gasteiger charge is -2.34. The van der Waals surface area contributed by atoms with Gasteiger partial charge in [-0.2, -0.15) is 5.10 Å². The van der Waals surface area contributed by atoms with Crippen molar-refractivity contribution in [3.8, 4) is 11.3 Å². The first-order valence-corrected chi connectivity index (χ1v) is 9.21. The molecule has 1 aliphatic rings. The summed E-state index contributed by atoms with van der Waals surface area (Å²) in [5.74, 6) is 0.895. The monoisotopic (exact) mass is 349 g/mol. The quantitative estimate of drug-likeness (QED) is 0.782. The van der Waals surface area contributed by atoms with Gasteiger partial charge < -0.3 is 9.88 Å². The molecule has 0 bridgehead atoms. The van der Waals surface area contributed by atoms with E-state index in [0.717, 1.165) is 42.9 Å².